The molecule has 6 nitrogen and oxygen atoms in total. The van der Waals surface area contributed by atoms with Crippen LogP contribution in [-0.4, -0.2) is 55.8 Å². The largest absolute Gasteiger partial charge is 0.481 e. The lowest BCUT2D eigenvalue weighted by atomic mass is 10.2. The van der Waals surface area contributed by atoms with Gasteiger partial charge in [-0.15, -0.1) is 0 Å². The van der Waals surface area contributed by atoms with Crippen LogP contribution in [0.3, 0.4) is 0 Å². The minimum absolute atomic E-state index is 0.0526. The Labute approximate surface area is 154 Å². The monoisotopic (exact) mass is 379 g/mol. The van der Waals surface area contributed by atoms with Crippen LogP contribution >= 0.6 is 23.4 Å². The highest BCUT2D eigenvalue weighted by Crippen LogP contribution is 2.24. The summed E-state index contributed by atoms with van der Waals surface area (Å²) in [6, 6.07) is 8.69. The molecule has 1 aliphatic rings. The number of nitrogens with zero attached hydrogens (tertiary/aromatic N) is 3. The van der Waals surface area contributed by atoms with Crippen LogP contribution in [0.1, 0.15) is 22.6 Å². The molecule has 1 N–H and O–H groups in total. The first kappa shape index (κ1) is 17.8. The number of carbonyl (C=O) groups excluding carboxylic acids is 1. The molecule has 25 heavy (non-hydrogen) atoms. The van der Waals surface area contributed by atoms with Gasteiger partial charge in [-0.3, -0.25) is 9.59 Å². The Morgan fingerprint density at radius 3 is 2.88 bits per heavy atom. The molecule has 132 valence electrons. The van der Waals surface area contributed by atoms with E-state index in [1.807, 2.05) is 25.1 Å². The smallest absolute Gasteiger partial charge is 0.305 e. The zero-order valence-corrected chi connectivity index (χ0v) is 15.3. The van der Waals surface area contributed by atoms with Crippen molar-refractivity contribution in [2.75, 3.05) is 18.1 Å². The molecule has 1 aromatic carbocycles. The maximum Gasteiger partial charge on any atom is 0.305 e. The van der Waals surface area contributed by atoms with Crippen LogP contribution in [0, 0.1) is 6.92 Å². The number of hydrogen-bond donors (Lipinski definition) is 1. The first-order valence-corrected chi connectivity index (χ1v) is 9.42. The van der Waals surface area contributed by atoms with E-state index in [-0.39, 0.29) is 18.4 Å². The normalized spacial score (nSPS) is 17.5. The first-order valence-electron chi connectivity index (χ1n) is 7.89. The summed E-state index contributed by atoms with van der Waals surface area (Å²) < 4.78 is 1.64. The second kappa shape index (κ2) is 7.49. The molecule has 0 spiro atoms. The fourth-order valence-electron chi connectivity index (χ4n) is 2.89. The SMILES string of the molecule is Cc1cc(C(=O)N2CCSCC2CC(=O)O)nn1-c1ccccc1Cl. The summed E-state index contributed by atoms with van der Waals surface area (Å²) in [5.74, 6) is 0.289. The number of benzene rings is 1. The van der Waals surface area contributed by atoms with E-state index in [2.05, 4.69) is 5.10 Å². The fraction of sp³-hybridized carbons (Fsp3) is 0.353. The van der Waals surface area contributed by atoms with E-state index >= 15 is 0 Å². The van der Waals surface area contributed by atoms with Crippen molar-refractivity contribution in [1.82, 2.24) is 14.7 Å². The number of carboxylic acid groups (broad SMARTS) is 1. The summed E-state index contributed by atoms with van der Waals surface area (Å²) in [6.07, 6.45) is -0.0526. The van der Waals surface area contributed by atoms with Crippen LogP contribution in [0.2, 0.25) is 5.02 Å². The van der Waals surface area contributed by atoms with Gasteiger partial charge in [0.05, 0.1) is 23.2 Å². The third-order valence-electron chi connectivity index (χ3n) is 4.09. The van der Waals surface area contributed by atoms with Crippen LogP contribution in [0.4, 0.5) is 0 Å². The Hall–Kier alpha value is -1.99. The molecule has 0 bridgehead atoms. The van der Waals surface area contributed by atoms with Gasteiger partial charge in [-0.25, -0.2) is 4.68 Å². The van der Waals surface area contributed by atoms with Gasteiger partial charge >= 0.3 is 5.97 Å². The predicted octanol–water partition coefficient (Wildman–Crippen LogP) is 2.87. The number of hydrogen-bond acceptors (Lipinski definition) is 4. The summed E-state index contributed by atoms with van der Waals surface area (Å²) in [7, 11) is 0. The van der Waals surface area contributed by atoms with Gasteiger partial charge in [-0.1, -0.05) is 23.7 Å². The topological polar surface area (TPSA) is 75.4 Å². The maximum atomic E-state index is 12.9. The van der Waals surface area contributed by atoms with E-state index in [9.17, 15) is 9.59 Å². The summed E-state index contributed by atoms with van der Waals surface area (Å²) >= 11 is 7.89. The Morgan fingerprint density at radius 1 is 1.40 bits per heavy atom. The Morgan fingerprint density at radius 2 is 2.16 bits per heavy atom. The molecular formula is C17H18ClN3O3S. The van der Waals surface area contributed by atoms with Gasteiger partial charge in [0, 0.05) is 23.7 Å². The van der Waals surface area contributed by atoms with E-state index in [1.54, 1.807) is 33.5 Å². The highest BCUT2D eigenvalue weighted by molar-refractivity contribution is 7.99. The van der Waals surface area contributed by atoms with Crippen LogP contribution in [-0.2, 0) is 4.79 Å². The number of halogens is 1. The van der Waals surface area contributed by atoms with Crippen molar-refractivity contribution >= 4 is 35.2 Å². The first-order chi connectivity index (χ1) is 12.0. The summed E-state index contributed by atoms with van der Waals surface area (Å²) in [5.41, 5.74) is 1.80. The van der Waals surface area contributed by atoms with Gasteiger partial charge < -0.3 is 10.0 Å². The van der Waals surface area contributed by atoms with E-state index in [1.165, 1.54) is 0 Å². The molecule has 2 heterocycles. The van der Waals surface area contributed by atoms with E-state index in [0.29, 0.717) is 28.7 Å². The average Bonchev–Trinajstić information content (AvgIpc) is 2.96. The van der Waals surface area contributed by atoms with Gasteiger partial charge in [-0.05, 0) is 25.1 Å². The van der Waals surface area contributed by atoms with Crippen molar-refractivity contribution in [2.45, 2.75) is 19.4 Å². The van der Waals surface area contributed by atoms with Gasteiger partial charge in [0.2, 0.25) is 0 Å². The minimum atomic E-state index is -0.900. The second-order valence-electron chi connectivity index (χ2n) is 5.86. The molecule has 1 aliphatic heterocycles. The molecule has 1 saturated heterocycles. The average molecular weight is 380 g/mol. The van der Waals surface area contributed by atoms with Gasteiger partial charge in [0.1, 0.15) is 0 Å². The standard InChI is InChI=1S/C17H18ClN3O3S/c1-11-8-14(19-21(11)15-5-3-2-4-13(15)18)17(24)20-6-7-25-10-12(20)9-16(22)23/h2-5,8,12H,6-7,9-10H2,1H3,(H,22,23). The molecule has 0 radical (unpaired) electrons. The van der Waals surface area contributed by atoms with Crippen molar-refractivity contribution in [1.29, 1.82) is 0 Å². The summed E-state index contributed by atoms with van der Waals surface area (Å²) in [5, 5.41) is 14.0. The molecule has 1 atom stereocenters. The molecule has 1 amide bonds. The molecular weight excluding hydrogens is 362 g/mol. The quantitative estimate of drug-likeness (QED) is 0.884. The number of carbonyl (C=O) groups is 2. The van der Waals surface area contributed by atoms with Crippen molar-refractivity contribution in [3.63, 3.8) is 0 Å². The zero-order valence-electron chi connectivity index (χ0n) is 13.7. The van der Waals surface area contributed by atoms with Crippen LogP contribution in [0.5, 0.6) is 0 Å². The second-order valence-corrected chi connectivity index (χ2v) is 7.42. The van der Waals surface area contributed by atoms with Crippen molar-refractivity contribution in [3.05, 3.63) is 46.7 Å². The lowest BCUT2D eigenvalue weighted by molar-refractivity contribution is -0.138. The molecule has 3 rings (SSSR count). The number of rotatable bonds is 4. The van der Waals surface area contributed by atoms with Crippen LogP contribution in [0.25, 0.3) is 5.69 Å². The van der Waals surface area contributed by atoms with E-state index < -0.39 is 5.97 Å². The number of amides is 1. The summed E-state index contributed by atoms with van der Waals surface area (Å²) in [6.45, 7) is 2.38. The minimum Gasteiger partial charge on any atom is -0.481 e. The van der Waals surface area contributed by atoms with Gasteiger partial charge in [0.15, 0.2) is 5.69 Å². The molecule has 8 heteroatoms. The molecule has 1 fully saturated rings. The number of aryl methyl sites for hydroxylation is 1. The number of thioether (sulfide) groups is 1. The number of aromatic nitrogens is 2. The van der Waals surface area contributed by atoms with Crippen molar-refractivity contribution < 1.29 is 14.7 Å². The third kappa shape index (κ3) is 3.82. The van der Waals surface area contributed by atoms with Crippen molar-refractivity contribution in [2.24, 2.45) is 0 Å². The Kier molecular flexibility index (Phi) is 5.34. The number of para-hydroxylation sites is 1. The maximum absolute atomic E-state index is 12.9. The van der Waals surface area contributed by atoms with Crippen molar-refractivity contribution in [3.8, 4) is 5.69 Å². The molecule has 2 aromatic rings. The molecule has 0 aliphatic carbocycles. The lowest BCUT2D eigenvalue weighted by Gasteiger charge is -2.34. The fourth-order valence-corrected chi connectivity index (χ4v) is 4.16. The van der Waals surface area contributed by atoms with E-state index in [0.717, 1.165) is 11.4 Å². The molecule has 0 saturated carbocycles. The van der Waals surface area contributed by atoms with E-state index in [4.69, 9.17) is 16.7 Å². The zero-order chi connectivity index (χ0) is 18.0. The summed E-state index contributed by atoms with van der Waals surface area (Å²) in [4.78, 5) is 25.6. The highest BCUT2D eigenvalue weighted by Gasteiger charge is 2.31. The van der Waals surface area contributed by atoms with Gasteiger partial charge in [-0.2, -0.15) is 16.9 Å². The van der Waals surface area contributed by atoms with Crippen LogP contribution < -0.4 is 0 Å². The predicted molar refractivity (Wildman–Crippen MR) is 97.7 cm³/mol. The molecule has 1 unspecified atom stereocenters. The third-order valence-corrected chi connectivity index (χ3v) is 5.50. The van der Waals surface area contributed by atoms with Crippen LogP contribution in [0.15, 0.2) is 30.3 Å². The Bertz CT molecular complexity index is 808. The lowest BCUT2D eigenvalue weighted by Crippen LogP contribution is -2.47. The van der Waals surface area contributed by atoms with Gasteiger partial charge in [0.25, 0.3) is 5.91 Å². The number of carboxylic acids is 1. The highest BCUT2D eigenvalue weighted by atomic mass is 35.5. The molecule has 1 aromatic heterocycles. The Balaban J connectivity index is 1.89. The number of aliphatic carboxylic acids is 1.